The van der Waals surface area contributed by atoms with Gasteiger partial charge in [-0.05, 0) is 41.7 Å². The van der Waals surface area contributed by atoms with E-state index in [1.54, 1.807) is 0 Å². The molecule has 22 heavy (non-hydrogen) atoms. The molecule has 5 heteroatoms. The number of aromatic nitrogens is 1. The van der Waals surface area contributed by atoms with E-state index in [-0.39, 0.29) is 17.9 Å². The van der Waals surface area contributed by atoms with Gasteiger partial charge >= 0.3 is 0 Å². The normalized spacial score (nSPS) is 29.3. The van der Waals surface area contributed by atoms with E-state index in [9.17, 15) is 0 Å². The molecule has 1 saturated carbocycles. The molecular weight excluding hydrogens is 298 g/mol. The highest BCUT2D eigenvalue weighted by molar-refractivity contribution is 5.85. The molecule has 0 spiro atoms. The van der Waals surface area contributed by atoms with Gasteiger partial charge in [-0.15, -0.1) is 12.4 Å². The van der Waals surface area contributed by atoms with E-state index in [1.807, 2.05) is 24.4 Å². The van der Waals surface area contributed by atoms with Gasteiger partial charge in [-0.25, -0.2) is 4.98 Å². The molecule has 2 bridgehead atoms. The zero-order valence-electron chi connectivity index (χ0n) is 13.9. The van der Waals surface area contributed by atoms with Crippen LogP contribution in [0.2, 0.25) is 0 Å². The average molecular weight is 328 g/mol. The Morgan fingerprint density at radius 1 is 1.32 bits per heavy atom. The van der Waals surface area contributed by atoms with Gasteiger partial charge in [0.05, 0.1) is 0 Å². The second kappa shape index (κ2) is 7.16. The first-order chi connectivity index (χ1) is 9.51. The summed E-state index contributed by atoms with van der Waals surface area (Å²) in [6.45, 7) is 12.1. The van der Waals surface area contributed by atoms with E-state index >= 15 is 0 Å². The van der Waals surface area contributed by atoms with Crippen molar-refractivity contribution in [3.8, 4) is 0 Å². The summed E-state index contributed by atoms with van der Waals surface area (Å²) >= 11 is 0. The van der Waals surface area contributed by atoms with Gasteiger partial charge in [0.25, 0.3) is 0 Å². The van der Waals surface area contributed by atoms with Crippen molar-refractivity contribution < 1.29 is 5.48 Å². The van der Waals surface area contributed by atoms with Crippen molar-refractivity contribution in [2.75, 3.05) is 31.5 Å². The maximum Gasteiger partial charge on any atom is 0.125 e. The standard InChI is InChI=1S/C17H27N3.ClH.H2O/c1-16(2)14-7-8-17(16,3)13-20(12-14)11-10-19-15-6-4-5-9-18-15;;/h4-6,9,14H,7-8,10-13H2,1-3H3,(H,18,19);1H;1H2. The highest BCUT2D eigenvalue weighted by atomic mass is 35.5. The number of pyridine rings is 1. The molecule has 1 aromatic rings. The first-order valence-electron chi connectivity index (χ1n) is 7.88. The van der Waals surface area contributed by atoms with Crippen LogP contribution in [0.4, 0.5) is 5.82 Å². The van der Waals surface area contributed by atoms with Gasteiger partial charge in [-0.1, -0.05) is 26.8 Å². The molecule has 2 heterocycles. The highest BCUT2D eigenvalue weighted by Crippen LogP contribution is 2.58. The molecule has 3 N–H and O–H groups in total. The predicted octanol–water partition coefficient (Wildman–Crippen LogP) is 2.85. The van der Waals surface area contributed by atoms with E-state index in [4.69, 9.17) is 0 Å². The van der Waals surface area contributed by atoms with Gasteiger partial charge in [0, 0.05) is 32.4 Å². The summed E-state index contributed by atoms with van der Waals surface area (Å²) in [6.07, 6.45) is 4.65. The lowest BCUT2D eigenvalue weighted by Crippen LogP contribution is -2.52. The molecule has 2 aliphatic rings. The van der Waals surface area contributed by atoms with Crippen LogP contribution in [0, 0.1) is 16.7 Å². The molecule has 2 fully saturated rings. The molecule has 2 unspecified atom stereocenters. The summed E-state index contributed by atoms with van der Waals surface area (Å²) in [4.78, 5) is 6.96. The highest BCUT2D eigenvalue weighted by Gasteiger charge is 2.55. The fraction of sp³-hybridized carbons (Fsp3) is 0.706. The number of halogens is 1. The quantitative estimate of drug-likeness (QED) is 0.925. The van der Waals surface area contributed by atoms with Crippen LogP contribution in [0.3, 0.4) is 0 Å². The Balaban J connectivity index is 0.00000121. The number of fused-ring (bicyclic) bond motifs is 2. The van der Waals surface area contributed by atoms with E-state index in [0.29, 0.717) is 10.8 Å². The number of hydrogen-bond acceptors (Lipinski definition) is 3. The van der Waals surface area contributed by atoms with Crippen LogP contribution < -0.4 is 5.32 Å². The van der Waals surface area contributed by atoms with Crippen LogP contribution in [0.1, 0.15) is 33.6 Å². The van der Waals surface area contributed by atoms with Crippen LogP contribution in [0.15, 0.2) is 24.4 Å². The third-order valence-electron chi connectivity index (χ3n) is 6.07. The van der Waals surface area contributed by atoms with Crippen molar-refractivity contribution in [1.82, 2.24) is 9.88 Å². The smallest absolute Gasteiger partial charge is 0.125 e. The molecule has 0 amide bonds. The van der Waals surface area contributed by atoms with E-state index in [2.05, 4.69) is 36.0 Å². The topological polar surface area (TPSA) is 59.7 Å². The molecular formula is C17H30ClN3O. The number of anilines is 1. The minimum absolute atomic E-state index is 0. The van der Waals surface area contributed by atoms with Crippen LogP contribution in [-0.2, 0) is 0 Å². The molecule has 0 aromatic carbocycles. The number of nitrogens with one attached hydrogen (secondary N) is 1. The van der Waals surface area contributed by atoms with Gasteiger partial charge < -0.3 is 15.7 Å². The molecule has 3 rings (SSSR count). The van der Waals surface area contributed by atoms with Crippen LogP contribution in [0.5, 0.6) is 0 Å². The molecule has 1 aliphatic carbocycles. The third kappa shape index (κ3) is 3.39. The summed E-state index contributed by atoms with van der Waals surface area (Å²) in [7, 11) is 0. The summed E-state index contributed by atoms with van der Waals surface area (Å²) in [5.74, 6) is 1.86. The number of likely N-dealkylation sites (tertiary alicyclic amines) is 1. The van der Waals surface area contributed by atoms with Gasteiger partial charge in [-0.2, -0.15) is 0 Å². The first-order valence-corrected chi connectivity index (χ1v) is 7.88. The van der Waals surface area contributed by atoms with Gasteiger partial charge in [-0.3, -0.25) is 0 Å². The Labute approximate surface area is 140 Å². The van der Waals surface area contributed by atoms with Gasteiger partial charge in [0.1, 0.15) is 5.82 Å². The Bertz CT molecular complexity index is 468. The maximum atomic E-state index is 4.31. The van der Waals surface area contributed by atoms with Crippen LogP contribution in [0.25, 0.3) is 0 Å². The Hall–Kier alpha value is -0.840. The van der Waals surface area contributed by atoms with E-state index in [0.717, 1.165) is 24.8 Å². The Morgan fingerprint density at radius 2 is 2.09 bits per heavy atom. The SMILES string of the molecule is CC12CCC(CN(CCNc3ccccn3)C1)C2(C)C.Cl.O. The molecule has 1 saturated heterocycles. The van der Waals surface area contributed by atoms with Crippen LogP contribution >= 0.6 is 12.4 Å². The van der Waals surface area contributed by atoms with Gasteiger partial charge in [0.15, 0.2) is 0 Å². The molecule has 1 aliphatic heterocycles. The number of piperidine rings is 1. The van der Waals surface area contributed by atoms with Crippen molar-refractivity contribution in [3.63, 3.8) is 0 Å². The minimum atomic E-state index is 0. The minimum Gasteiger partial charge on any atom is -0.412 e. The Kier molecular flexibility index (Phi) is 6.25. The van der Waals surface area contributed by atoms with Gasteiger partial charge in [0.2, 0.25) is 0 Å². The van der Waals surface area contributed by atoms with Crippen molar-refractivity contribution in [2.24, 2.45) is 16.7 Å². The maximum absolute atomic E-state index is 4.31. The monoisotopic (exact) mass is 327 g/mol. The zero-order chi connectivity index (χ0) is 14.2. The molecule has 126 valence electrons. The third-order valence-corrected chi connectivity index (χ3v) is 6.07. The summed E-state index contributed by atoms with van der Waals surface area (Å²) in [5, 5.41) is 3.42. The molecule has 4 nitrogen and oxygen atoms in total. The lowest BCUT2D eigenvalue weighted by Gasteiger charge is -2.50. The number of hydrogen-bond donors (Lipinski definition) is 1. The van der Waals surface area contributed by atoms with Crippen molar-refractivity contribution in [2.45, 2.75) is 33.6 Å². The van der Waals surface area contributed by atoms with Crippen molar-refractivity contribution >= 4 is 18.2 Å². The predicted molar refractivity (Wildman–Crippen MR) is 94.6 cm³/mol. The summed E-state index contributed by atoms with van der Waals surface area (Å²) in [5.41, 5.74) is 1.01. The fourth-order valence-electron chi connectivity index (χ4n) is 4.12. The fourth-order valence-corrected chi connectivity index (χ4v) is 4.12. The average Bonchev–Trinajstić information content (AvgIpc) is 2.57. The molecule has 0 radical (unpaired) electrons. The van der Waals surface area contributed by atoms with E-state index < -0.39 is 0 Å². The summed E-state index contributed by atoms with van der Waals surface area (Å²) < 4.78 is 0. The van der Waals surface area contributed by atoms with Crippen molar-refractivity contribution in [1.29, 1.82) is 0 Å². The Morgan fingerprint density at radius 3 is 2.73 bits per heavy atom. The van der Waals surface area contributed by atoms with E-state index in [1.165, 1.54) is 25.9 Å². The summed E-state index contributed by atoms with van der Waals surface area (Å²) in [6, 6.07) is 6.01. The lowest BCUT2D eigenvalue weighted by atomic mass is 9.63. The lowest BCUT2D eigenvalue weighted by molar-refractivity contribution is -0.0157. The molecule has 2 atom stereocenters. The second-order valence-electron chi connectivity index (χ2n) is 7.39. The zero-order valence-corrected chi connectivity index (χ0v) is 14.7. The molecule has 1 aromatic heterocycles. The largest absolute Gasteiger partial charge is 0.412 e. The van der Waals surface area contributed by atoms with Crippen molar-refractivity contribution in [3.05, 3.63) is 24.4 Å². The number of rotatable bonds is 4. The second-order valence-corrected chi connectivity index (χ2v) is 7.39. The first kappa shape index (κ1) is 19.2. The number of nitrogens with zero attached hydrogens (tertiary/aromatic N) is 2. The van der Waals surface area contributed by atoms with Crippen LogP contribution in [-0.4, -0.2) is 41.5 Å².